The normalized spacial score (nSPS) is 17.5. The van der Waals surface area contributed by atoms with Crippen LogP contribution in [-0.2, 0) is 9.53 Å². The molecule has 4 heterocycles. The molecule has 2 aliphatic heterocycles. The van der Waals surface area contributed by atoms with E-state index in [-0.39, 0.29) is 11.9 Å². The van der Waals surface area contributed by atoms with Crippen molar-refractivity contribution < 1.29 is 14.3 Å². The van der Waals surface area contributed by atoms with Gasteiger partial charge in [0.1, 0.15) is 5.82 Å². The molecule has 0 spiro atoms. The van der Waals surface area contributed by atoms with Gasteiger partial charge in [-0.15, -0.1) is 0 Å². The summed E-state index contributed by atoms with van der Waals surface area (Å²) >= 11 is 0. The van der Waals surface area contributed by atoms with Crippen LogP contribution in [0.5, 0.6) is 0 Å². The molecule has 2 aromatic rings. The fourth-order valence-electron chi connectivity index (χ4n) is 4.17. The number of carbonyl (C=O) groups excluding carboxylic acids is 2. The van der Waals surface area contributed by atoms with E-state index in [2.05, 4.69) is 29.7 Å². The summed E-state index contributed by atoms with van der Waals surface area (Å²) in [6.07, 6.45) is 6.01. The van der Waals surface area contributed by atoms with Crippen molar-refractivity contribution in [1.29, 1.82) is 0 Å². The van der Waals surface area contributed by atoms with Crippen LogP contribution in [0.15, 0.2) is 36.8 Å². The Morgan fingerprint density at radius 2 is 1.67 bits per heavy atom. The van der Waals surface area contributed by atoms with Crippen LogP contribution in [0.25, 0.3) is 0 Å². The van der Waals surface area contributed by atoms with Crippen molar-refractivity contribution in [2.24, 2.45) is 0 Å². The van der Waals surface area contributed by atoms with E-state index in [0.29, 0.717) is 31.8 Å². The number of hydrogen-bond donors (Lipinski definition) is 0. The van der Waals surface area contributed by atoms with Crippen LogP contribution < -0.4 is 9.80 Å². The third kappa shape index (κ3) is 5.95. The zero-order chi connectivity index (χ0) is 23.0. The number of nitrogens with zero attached hydrogens (tertiary/aromatic N) is 7. The van der Waals surface area contributed by atoms with Crippen molar-refractivity contribution in [3.63, 3.8) is 0 Å². The van der Waals surface area contributed by atoms with Crippen LogP contribution in [0.4, 0.5) is 11.8 Å². The molecule has 0 unspecified atom stereocenters. The SMILES string of the molecule is CCOC(=O)c1ccc(N2CCCN(CC(=O)N3CCN(c4ncccn4)CC3)CC2)nc1. The van der Waals surface area contributed by atoms with Crippen LogP contribution in [0.3, 0.4) is 0 Å². The second-order valence-electron chi connectivity index (χ2n) is 8.16. The van der Waals surface area contributed by atoms with E-state index < -0.39 is 0 Å². The van der Waals surface area contributed by atoms with Gasteiger partial charge < -0.3 is 19.4 Å². The van der Waals surface area contributed by atoms with Crippen molar-refractivity contribution in [2.75, 3.05) is 75.3 Å². The maximum Gasteiger partial charge on any atom is 0.339 e. The van der Waals surface area contributed by atoms with E-state index in [1.165, 1.54) is 0 Å². The fraction of sp³-hybridized carbons (Fsp3) is 0.522. The third-order valence-corrected chi connectivity index (χ3v) is 6.00. The van der Waals surface area contributed by atoms with E-state index >= 15 is 0 Å². The summed E-state index contributed by atoms with van der Waals surface area (Å²) in [6.45, 7) is 8.77. The zero-order valence-corrected chi connectivity index (χ0v) is 19.1. The lowest BCUT2D eigenvalue weighted by atomic mass is 10.2. The van der Waals surface area contributed by atoms with Gasteiger partial charge in [-0.1, -0.05) is 0 Å². The van der Waals surface area contributed by atoms with Crippen LogP contribution in [0.1, 0.15) is 23.7 Å². The van der Waals surface area contributed by atoms with Gasteiger partial charge in [-0.25, -0.2) is 19.7 Å². The van der Waals surface area contributed by atoms with Crippen LogP contribution >= 0.6 is 0 Å². The number of anilines is 2. The van der Waals surface area contributed by atoms with Gasteiger partial charge in [0.15, 0.2) is 0 Å². The smallest absolute Gasteiger partial charge is 0.339 e. The maximum absolute atomic E-state index is 12.9. The van der Waals surface area contributed by atoms with Crippen LogP contribution in [0.2, 0.25) is 0 Å². The highest BCUT2D eigenvalue weighted by Gasteiger charge is 2.25. The molecule has 2 fully saturated rings. The molecule has 0 N–H and O–H groups in total. The number of amides is 1. The first-order chi connectivity index (χ1) is 16.1. The summed E-state index contributed by atoms with van der Waals surface area (Å²) in [6, 6.07) is 5.43. The highest BCUT2D eigenvalue weighted by Crippen LogP contribution is 2.16. The lowest BCUT2D eigenvalue weighted by Crippen LogP contribution is -2.51. The molecule has 33 heavy (non-hydrogen) atoms. The summed E-state index contributed by atoms with van der Waals surface area (Å²) in [5, 5.41) is 0. The number of carbonyl (C=O) groups is 2. The van der Waals surface area contributed by atoms with Crippen LogP contribution in [-0.4, -0.2) is 102 Å². The van der Waals surface area contributed by atoms with Gasteiger partial charge in [-0.05, 0) is 31.5 Å². The number of hydrogen-bond acceptors (Lipinski definition) is 9. The van der Waals surface area contributed by atoms with Gasteiger partial charge in [-0.3, -0.25) is 9.69 Å². The Labute approximate surface area is 194 Å². The molecule has 2 aromatic heterocycles. The molecular formula is C23H31N7O3. The molecule has 10 heteroatoms. The maximum atomic E-state index is 12.9. The Balaban J connectivity index is 1.24. The molecule has 176 valence electrons. The Bertz CT molecular complexity index is 917. The van der Waals surface area contributed by atoms with Crippen molar-refractivity contribution in [2.45, 2.75) is 13.3 Å². The monoisotopic (exact) mass is 453 g/mol. The average Bonchev–Trinajstić information content (AvgIpc) is 3.10. The predicted molar refractivity (Wildman–Crippen MR) is 124 cm³/mol. The summed E-state index contributed by atoms with van der Waals surface area (Å²) in [5.41, 5.74) is 0.460. The van der Waals surface area contributed by atoms with Gasteiger partial charge >= 0.3 is 5.97 Å². The molecule has 0 aromatic carbocycles. The fourth-order valence-corrected chi connectivity index (χ4v) is 4.17. The van der Waals surface area contributed by atoms with Crippen molar-refractivity contribution in [1.82, 2.24) is 24.8 Å². The lowest BCUT2D eigenvalue weighted by Gasteiger charge is -2.35. The minimum absolute atomic E-state index is 0.175. The second kappa shape index (κ2) is 11.0. The molecule has 0 bridgehead atoms. The molecule has 0 radical (unpaired) electrons. The Morgan fingerprint density at radius 3 is 2.36 bits per heavy atom. The number of pyridine rings is 1. The summed E-state index contributed by atoms with van der Waals surface area (Å²) in [4.78, 5) is 46.3. The van der Waals surface area contributed by atoms with E-state index in [1.54, 1.807) is 37.6 Å². The minimum atomic E-state index is -0.353. The third-order valence-electron chi connectivity index (χ3n) is 6.00. The van der Waals surface area contributed by atoms with Gasteiger partial charge in [0.05, 0.1) is 18.7 Å². The first-order valence-corrected chi connectivity index (χ1v) is 11.5. The molecule has 2 saturated heterocycles. The molecule has 0 atom stereocenters. The van der Waals surface area contributed by atoms with Crippen molar-refractivity contribution in [3.8, 4) is 0 Å². The zero-order valence-electron chi connectivity index (χ0n) is 19.1. The molecule has 0 aliphatic carbocycles. The van der Waals surface area contributed by atoms with Crippen LogP contribution in [0, 0.1) is 0 Å². The topological polar surface area (TPSA) is 95.0 Å². The lowest BCUT2D eigenvalue weighted by molar-refractivity contribution is -0.132. The van der Waals surface area contributed by atoms with E-state index in [0.717, 1.165) is 57.5 Å². The van der Waals surface area contributed by atoms with Gasteiger partial charge in [0.2, 0.25) is 11.9 Å². The number of rotatable bonds is 6. The standard InChI is InChI=1S/C23H31N7O3/c1-2-33-22(32)19-5-6-20(26-17-19)28-10-4-9-27(11-12-28)18-21(31)29-13-15-30(16-14-29)23-24-7-3-8-25-23/h3,5-8,17H,2,4,9-16,18H2,1H3. The number of piperazine rings is 1. The summed E-state index contributed by atoms with van der Waals surface area (Å²) in [5.74, 6) is 1.39. The Morgan fingerprint density at radius 1 is 0.909 bits per heavy atom. The largest absolute Gasteiger partial charge is 0.462 e. The van der Waals surface area contributed by atoms with E-state index in [9.17, 15) is 9.59 Å². The van der Waals surface area contributed by atoms with Gasteiger partial charge in [0, 0.05) is 70.9 Å². The molecule has 0 saturated carbocycles. The summed E-state index contributed by atoms with van der Waals surface area (Å²) < 4.78 is 5.02. The minimum Gasteiger partial charge on any atom is -0.462 e. The van der Waals surface area contributed by atoms with E-state index in [1.807, 2.05) is 11.0 Å². The quantitative estimate of drug-likeness (QED) is 0.592. The average molecular weight is 454 g/mol. The Hall–Kier alpha value is -3.27. The number of ether oxygens (including phenoxy) is 1. The highest BCUT2D eigenvalue weighted by molar-refractivity contribution is 5.89. The molecule has 4 rings (SSSR count). The van der Waals surface area contributed by atoms with Gasteiger partial charge in [0.25, 0.3) is 0 Å². The molecule has 2 aliphatic rings. The molecule has 1 amide bonds. The van der Waals surface area contributed by atoms with E-state index in [4.69, 9.17) is 4.74 Å². The van der Waals surface area contributed by atoms with Crippen molar-refractivity contribution >= 4 is 23.6 Å². The van der Waals surface area contributed by atoms with Crippen molar-refractivity contribution in [3.05, 3.63) is 42.4 Å². The summed E-state index contributed by atoms with van der Waals surface area (Å²) in [7, 11) is 0. The second-order valence-corrected chi connectivity index (χ2v) is 8.16. The molecular weight excluding hydrogens is 422 g/mol. The van der Waals surface area contributed by atoms with Gasteiger partial charge in [-0.2, -0.15) is 0 Å². The number of esters is 1. The predicted octanol–water partition coefficient (Wildman–Crippen LogP) is 0.909. The first kappa shape index (κ1) is 22.9. The number of aromatic nitrogens is 3. The first-order valence-electron chi connectivity index (χ1n) is 11.5. The molecule has 10 nitrogen and oxygen atoms in total. The Kier molecular flexibility index (Phi) is 7.66. The highest BCUT2D eigenvalue weighted by atomic mass is 16.5.